The third-order valence-corrected chi connectivity index (χ3v) is 3.29. The number of hydrogen-bond acceptors (Lipinski definition) is 7. The van der Waals surface area contributed by atoms with Gasteiger partial charge in [-0.3, -0.25) is 14.5 Å². The van der Waals surface area contributed by atoms with Gasteiger partial charge in [0.05, 0.1) is 5.56 Å². The van der Waals surface area contributed by atoms with Crippen molar-refractivity contribution in [1.29, 1.82) is 0 Å². The van der Waals surface area contributed by atoms with Gasteiger partial charge in [0.15, 0.2) is 5.78 Å². The molecule has 0 heterocycles. The van der Waals surface area contributed by atoms with Crippen molar-refractivity contribution in [3.05, 3.63) is 59.2 Å². The summed E-state index contributed by atoms with van der Waals surface area (Å²) < 4.78 is 10.7. The van der Waals surface area contributed by atoms with E-state index in [2.05, 4.69) is 4.89 Å². The number of carbonyl (C=O) groups excluding carboxylic acids is 3. The first-order valence-electron chi connectivity index (χ1n) is 7.33. The second-order valence-electron chi connectivity index (χ2n) is 5.11. The van der Waals surface area contributed by atoms with Crippen LogP contribution in [0.25, 0.3) is 0 Å². The van der Waals surface area contributed by atoms with Crippen molar-refractivity contribution in [3.63, 3.8) is 0 Å². The Labute approximate surface area is 160 Å². The SMILES string of the molecule is CC(=O)Oc1c(COc2ccccc2C(=O)OO)cccc1C(C)=O.[Al+3]. The normalized spacial score (nSPS) is 9.65. The molecule has 130 valence electrons. The average Bonchev–Trinajstić information content (AvgIpc) is 2.59. The third kappa shape index (κ3) is 5.17. The maximum Gasteiger partial charge on any atom is 3.00 e. The summed E-state index contributed by atoms with van der Waals surface area (Å²) in [5, 5.41) is 8.54. The summed E-state index contributed by atoms with van der Waals surface area (Å²) in [5.41, 5.74) is 0.733. The first-order chi connectivity index (χ1) is 11.9. The number of ether oxygens (including phenoxy) is 2. The van der Waals surface area contributed by atoms with E-state index in [1.807, 2.05) is 0 Å². The number of ketones is 1. The van der Waals surface area contributed by atoms with E-state index in [0.717, 1.165) is 0 Å². The summed E-state index contributed by atoms with van der Waals surface area (Å²) in [5.74, 6) is -1.51. The Bertz CT molecular complexity index is 817. The van der Waals surface area contributed by atoms with Gasteiger partial charge in [-0.05, 0) is 25.1 Å². The first kappa shape index (κ1) is 21.4. The molecular formula is C18H16AlO7+3. The zero-order valence-corrected chi connectivity index (χ0v) is 15.4. The summed E-state index contributed by atoms with van der Waals surface area (Å²) in [6, 6.07) is 11.0. The molecule has 0 aliphatic rings. The Kier molecular flexibility index (Phi) is 8.00. The van der Waals surface area contributed by atoms with Crippen molar-refractivity contribution in [2.75, 3.05) is 0 Å². The molecule has 0 fully saturated rings. The zero-order chi connectivity index (χ0) is 18.4. The average molecular weight is 371 g/mol. The molecule has 0 aliphatic heterocycles. The summed E-state index contributed by atoms with van der Waals surface area (Å²) >= 11 is 0. The van der Waals surface area contributed by atoms with E-state index in [-0.39, 0.29) is 52.4 Å². The number of hydrogen-bond donors (Lipinski definition) is 1. The van der Waals surface area contributed by atoms with Crippen molar-refractivity contribution >= 4 is 35.1 Å². The van der Waals surface area contributed by atoms with Crippen LogP contribution in [0.3, 0.4) is 0 Å². The molecule has 0 radical (unpaired) electrons. The number of esters is 1. The van der Waals surface area contributed by atoms with Crippen LogP contribution < -0.4 is 9.47 Å². The molecule has 0 aliphatic carbocycles. The molecule has 0 atom stereocenters. The molecule has 0 spiro atoms. The molecule has 2 rings (SSSR count). The predicted molar refractivity (Wildman–Crippen MR) is 92.3 cm³/mol. The van der Waals surface area contributed by atoms with Crippen molar-refractivity contribution in [2.45, 2.75) is 20.5 Å². The standard InChI is InChI=1S/C18H16O7.Al/c1-11(19)14-8-5-6-13(17(14)24-12(2)20)10-23-16-9-4-3-7-15(16)18(21)25-22;/h3-9,22H,10H2,1-2H3;/q;+3. The van der Waals surface area contributed by atoms with Gasteiger partial charge in [0.2, 0.25) is 0 Å². The van der Waals surface area contributed by atoms with Crippen LogP contribution in [-0.2, 0) is 16.3 Å². The molecule has 2 aromatic carbocycles. The molecule has 26 heavy (non-hydrogen) atoms. The number of rotatable bonds is 6. The van der Waals surface area contributed by atoms with E-state index in [1.165, 1.54) is 26.0 Å². The molecule has 0 aromatic heterocycles. The second kappa shape index (κ2) is 9.73. The molecule has 2 aromatic rings. The number of para-hydroxylation sites is 2. The summed E-state index contributed by atoms with van der Waals surface area (Å²) in [4.78, 5) is 38.3. The Balaban J connectivity index is 0.00000338. The molecule has 0 saturated heterocycles. The van der Waals surface area contributed by atoms with Crippen LogP contribution in [0.15, 0.2) is 42.5 Å². The van der Waals surface area contributed by atoms with E-state index >= 15 is 0 Å². The molecule has 0 saturated carbocycles. The quantitative estimate of drug-likeness (QED) is 0.208. The van der Waals surface area contributed by atoms with Crippen molar-refractivity contribution in [1.82, 2.24) is 0 Å². The van der Waals surface area contributed by atoms with Gasteiger partial charge in [-0.25, -0.2) is 4.79 Å². The molecule has 7 nitrogen and oxygen atoms in total. The maximum atomic E-state index is 11.7. The van der Waals surface area contributed by atoms with Gasteiger partial charge in [-0.2, -0.15) is 5.26 Å². The predicted octanol–water partition coefficient (Wildman–Crippen LogP) is 2.64. The number of Topliss-reactive ketones (excluding diaryl/α,β-unsaturated/α-hetero) is 1. The molecule has 0 amide bonds. The van der Waals surface area contributed by atoms with Crippen LogP contribution in [0.2, 0.25) is 0 Å². The summed E-state index contributed by atoms with van der Waals surface area (Å²) in [6.45, 7) is 2.52. The minimum atomic E-state index is -0.965. The fourth-order valence-electron chi connectivity index (χ4n) is 2.21. The van der Waals surface area contributed by atoms with Gasteiger partial charge >= 0.3 is 29.3 Å². The third-order valence-electron chi connectivity index (χ3n) is 3.29. The van der Waals surface area contributed by atoms with Crippen LogP contribution in [0.4, 0.5) is 0 Å². The van der Waals surface area contributed by atoms with E-state index in [0.29, 0.717) is 5.56 Å². The van der Waals surface area contributed by atoms with E-state index in [9.17, 15) is 14.4 Å². The topological polar surface area (TPSA) is 99.1 Å². The minimum absolute atomic E-state index is 0. The van der Waals surface area contributed by atoms with Crippen LogP contribution in [0, 0.1) is 0 Å². The van der Waals surface area contributed by atoms with Gasteiger partial charge in [0.1, 0.15) is 23.7 Å². The Morgan fingerprint density at radius 3 is 2.23 bits per heavy atom. The van der Waals surface area contributed by atoms with Crippen LogP contribution >= 0.6 is 0 Å². The summed E-state index contributed by atoms with van der Waals surface area (Å²) in [7, 11) is 0. The van der Waals surface area contributed by atoms with Crippen LogP contribution in [0.1, 0.15) is 40.1 Å². The van der Waals surface area contributed by atoms with Crippen molar-refractivity contribution < 1.29 is 34.0 Å². The molecule has 1 N–H and O–H groups in total. The molecular weight excluding hydrogens is 355 g/mol. The zero-order valence-electron chi connectivity index (χ0n) is 14.2. The monoisotopic (exact) mass is 371 g/mol. The van der Waals surface area contributed by atoms with Crippen molar-refractivity contribution in [2.24, 2.45) is 0 Å². The minimum Gasteiger partial charge on any atom is -0.488 e. The fraction of sp³-hybridized carbons (Fsp3) is 0.167. The van der Waals surface area contributed by atoms with E-state index in [1.54, 1.807) is 30.3 Å². The van der Waals surface area contributed by atoms with E-state index in [4.69, 9.17) is 14.7 Å². The first-order valence-corrected chi connectivity index (χ1v) is 7.33. The Morgan fingerprint density at radius 2 is 1.62 bits per heavy atom. The smallest absolute Gasteiger partial charge is 0.488 e. The molecule has 0 bridgehead atoms. The van der Waals surface area contributed by atoms with Crippen LogP contribution in [-0.4, -0.2) is 40.3 Å². The Morgan fingerprint density at radius 1 is 0.962 bits per heavy atom. The van der Waals surface area contributed by atoms with Crippen LogP contribution in [0.5, 0.6) is 11.5 Å². The second-order valence-corrected chi connectivity index (χ2v) is 5.11. The molecule has 0 unspecified atom stereocenters. The Hall–Kier alpha value is -2.66. The maximum absolute atomic E-state index is 11.7. The molecule has 8 heteroatoms. The summed E-state index contributed by atoms with van der Waals surface area (Å²) in [6.07, 6.45) is 0. The fourth-order valence-corrected chi connectivity index (χ4v) is 2.21. The van der Waals surface area contributed by atoms with Crippen molar-refractivity contribution in [3.8, 4) is 11.5 Å². The number of carbonyl (C=O) groups is 3. The van der Waals surface area contributed by atoms with Gasteiger partial charge in [0.25, 0.3) is 0 Å². The van der Waals surface area contributed by atoms with Gasteiger partial charge < -0.3 is 9.47 Å². The van der Waals surface area contributed by atoms with Gasteiger partial charge in [-0.15, -0.1) is 0 Å². The largest absolute Gasteiger partial charge is 3.00 e. The van der Waals surface area contributed by atoms with Gasteiger partial charge in [-0.1, -0.05) is 24.3 Å². The number of benzene rings is 2. The van der Waals surface area contributed by atoms with E-state index < -0.39 is 11.9 Å². The van der Waals surface area contributed by atoms with Gasteiger partial charge in [0, 0.05) is 12.5 Å².